The van der Waals surface area contributed by atoms with Crippen LogP contribution in [0.15, 0.2) is 48.8 Å². The Morgan fingerprint density at radius 2 is 1.96 bits per heavy atom. The van der Waals surface area contributed by atoms with Gasteiger partial charge in [0.1, 0.15) is 5.69 Å². The van der Waals surface area contributed by atoms with Crippen molar-refractivity contribution >= 4 is 40.2 Å². The molecule has 5 rings (SSSR count). The zero-order valence-electron chi connectivity index (χ0n) is 15.6. The Morgan fingerprint density at radius 1 is 1.15 bits per heavy atom. The third-order valence-corrected chi connectivity index (χ3v) is 7.78. The highest BCUT2D eigenvalue weighted by atomic mass is 31.1. The van der Waals surface area contributed by atoms with Gasteiger partial charge in [0.25, 0.3) is 6.33 Å². The maximum atomic E-state index is 7.26. The molecule has 0 saturated heterocycles. The molecule has 1 aliphatic rings. The maximum absolute atomic E-state index is 7.26. The van der Waals surface area contributed by atoms with E-state index >= 15 is 0 Å². The van der Waals surface area contributed by atoms with Crippen LogP contribution in [0, 0.1) is 13.5 Å². The van der Waals surface area contributed by atoms with E-state index in [-0.39, 0.29) is 0 Å². The number of rotatable bonds is 1. The molecule has 0 radical (unpaired) electrons. The molecule has 0 spiro atoms. The molecular weight excluding hydrogens is 349 g/mol. The van der Waals surface area contributed by atoms with Crippen LogP contribution in [0.25, 0.3) is 37.8 Å². The van der Waals surface area contributed by atoms with Gasteiger partial charge in [-0.25, -0.2) is 11.1 Å². The molecule has 0 saturated carbocycles. The molecule has 4 aromatic rings. The number of aryl methyl sites for hydroxylation is 2. The first-order valence-electron chi connectivity index (χ1n) is 9.01. The molecule has 3 nitrogen and oxygen atoms in total. The van der Waals surface area contributed by atoms with Gasteiger partial charge in [-0.15, -0.1) is 0 Å². The van der Waals surface area contributed by atoms with Crippen LogP contribution in [0.3, 0.4) is 0 Å². The number of aromatic nitrogens is 2. The van der Waals surface area contributed by atoms with E-state index in [2.05, 4.69) is 72.5 Å². The Balaban J connectivity index is 1.98. The molecule has 2 heterocycles. The van der Waals surface area contributed by atoms with E-state index in [0.29, 0.717) is 6.54 Å². The Kier molecular flexibility index (Phi) is 3.54. The molecule has 27 heavy (non-hydrogen) atoms. The first-order chi connectivity index (χ1) is 13.1. The number of hydrogen-bond acceptors (Lipinski definition) is 1. The first kappa shape index (κ1) is 16.4. The van der Waals surface area contributed by atoms with Crippen LogP contribution in [0.5, 0.6) is 0 Å². The van der Waals surface area contributed by atoms with E-state index in [9.17, 15) is 0 Å². The van der Waals surface area contributed by atoms with Crippen molar-refractivity contribution < 1.29 is 4.57 Å². The molecule has 130 valence electrons. The topological polar surface area (TPSA) is 21.1 Å². The summed E-state index contributed by atoms with van der Waals surface area (Å²) in [5.74, 6) is 0. The van der Waals surface area contributed by atoms with E-state index in [4.69, 9.17) is 11.6 Å². The number of benzene rings is 3. The summed E-state index contributed by atoms with van der Waals surface area (Å²) >= 11 is 0. The molecule has 0 N–H and O–H groups in total. The molecule has 1 aromatic heterocycles. The van der Waals surface area contributed by atoms with Gasteiger partial charge in [0.15, 0.2) is 5.52 Å². The highest BCUT2D eigenvalue weighted by molar-refractivity contribution is 7.73. The maximum Gasteiger partial charge on any atom is 0.287 e. The minimum Gasteiger partial charge on any atom is -0.312 e. The number of fused-ring (bicyclic) bond motifs is 3. The predicted molar refractivity (Wildman–Crippen MR) is 113 cm³/mol. The van der Waals surface area contributed by atoms with E-state index in [1.807, 2.05) is 6.33 Å². The van der Waals surface area contributed by atoms with Crippen LogP contribution in [-0.4, -0.2) is 11.6 Å². The van der Waals surface area contributed by atoms with Gasteiger partial charge in [-0.1, -0.05) is 24.3 Å². The Bertz CT molecular complexity index is 1300. The average Bonchev–Trinajstić information content (AvgIpc) is 2.67. The summed E-state index contributed by atoms with van der Waals surface area (Å²) in [6, 6.07) is 15.4. The first-order valence-corrected chi connectivity index (χ1v) is 10.8. The van der Waals surface area contributed by atoms with Gasteiger partial charge in [-0.3, -0.25) is 0 Å². The zero-order chi connectivity index (χ0) is 18.7. The van der Waals surface area contributed by atoms with E-state index in [1.165, 1.54) is 43.6 Å². The van der Waals surface area contributed by atoms with Gasteiger partial charge < -0.3 is 4.85 Å². The highest BCUT2D eigenvalue weighted by Crippen LogP contribution is 2.45. The van der Waals surface area contributed by atoms with Crippen molar-refractivity contribution in [3.05, 3.63) is 71.3 Å². The van der Waals surface area contributed by atoms with Gasteiger partial charge in [0, 0.05) is 17.2 Å². The summed E-state index contributed by atoms with van der Waals surface area (Å²) in [6.45, 7) is 12.3. The van der Waals surface area contributed by atoms with Crippen LogP contribution in [0.1, 0.15) is 11.1 Å². The predicted octanol–water partition coefficient (Wildman–Crippen LogP) is 3.98. The standard InChI is InChI=1S/C23H19N3P/c1-14-17-8-6-5-7-16(17)11-20-21(14)23-22-18(25-13-26(23)3)9-15(12-24-2)10-19(22)27(20)4/h5-11,13H,12H2,1,3-4H3/q+1. The largest absolute Gasteiger partial charge is 0.312 e. The monoisotopic (exact) mass is 368 g/mol. The normalized spacial score (nSPS) is 15.0. The lowest BCUT2D eigenvalue weighted by atomic mass is 9.95. The van der Waals surface area contributed by atoms with Crippen molar-refractivity contribution in [2.75, 3.05) is 6.66 Å². The zero-order valence-corrected chi connectivity index (χ0v) is 16.5. The number of hydrogen-bond donors (Lipinski definition) is 0. The lowest BCUT2D eigenvalue weighted by Gasteiger charge is -2.27. The van der Waals surface area contributed by atoms with E-state index < -0.39 is 7.92 Å². The van der Waals surface area contributed by atoms with Crippen LogP contribution < -0.4 is 15.2 Å². The third-order valence-electron chi connectivity index (χ3n) is 5.63. The van der Waals surface area contributed by atoms with Gasteiger partial charge in [0.05, 0.1) is 12.4 Å². The second-order valence-corrected chi connectivity index (χ2v) is 9.29. The van der Waals surface area contributed by atoms with Gasteiger partial charge >= 0.3 is 0 Å². The van der Waals surface area contributed by atoms with Crippen molar-refractivity contribution in [3.63, 3.8) is 0 Å². The van der Waals surface area contributed by atoms with Crippen molar-refractivity contribution in [1.29, 1.82) is 0 Å². The summed E-state index contributed by atoms with van der Waals surface area (Å²) in [5, 5.41) is 6.65. The van der Waals surface area contributed by atoms with E-state index in [1.54, 1.807) is 0 Å². The minimum atomic E-state index is -0.498. The molecule has 0 aliphatic carbocycles. The summed E-state index contributed by atoms with van der Waals surface area (Å²) in [4.78, 5) is 8.29. The van der Waals surface area contributed by atoms with E-state index in [0.717, 1.165) is 11.1 Å². The van der Waals surface area contributed by atoms with Crippen molar-refractivity contribution in [2.45, 2.75) is 13.5 Å². The van der Waals surface area contributed by atoms with Crippen LogP contribution in [-0.2, 0) is 13.6 Å². The van der Waals surface area contributed by atoms with Crippen LogP contribution in [0.2, 0.25) is 0 Å². The lowest BCUT2D eigenvalue weighted by Crippen LogP contribution is -2.37. The number of nitrogens with zero attached hydrogens (tertiary/aromatic N) is 3. The van der Waals surface area contributed by atoms with Crippen LogP contribution in [0.4, 0.5) is 0 Å². The average molecular weight is 368 g/mol. The molecule has 1 unspecified atom stereocenters. The fourth-order valence-corrected chi connectivity index (χ4v) is 6.46. The molecule has 1 atom stereocenters. The lowest BCUT2D eigenvalue weighted by molar-refractivity contribution is -0.662. The summed E-state index contributed by atoms with van der Waals surface area (Å²) in [5.41, 5.74) is 6.03. The Labute approximate surface area is 159 Å². The molecule has 0 fully saturated rings. The van der Waals surface area contributed by atoms with Crippen molar-refractivity contribution in [1.82, 2.24) is 4.98 Å². The SMILES string of the molecule is [C-]#[N+]Cc1cc2c3c([n+](C)cnc3c1)-c1c(cc3ccccc3c1C)P2C. The third kappa shape index (κ3) is 2.24. The molecule has 0 bridgehead atoms. The molecule has 0 amide bonds. The smallest absolute Gasteiger partial charge is 0.287 e. The van der Waals surface area contributed by atoms with Gasteiger partial charge in [0.2, 0.25) is 6.54 Å². The summed E-state index contributed by atoms with van der Waals surface area (Å²) in [6.07, 6.45) is 1.91. The fraction of sp³-hybridized carbons (Fsp3) is 0.174. The Hall–Kier alpha value is -2.82. The minimum absolute atomic E-state index is 0.410. The molecular formula is C23H19N3P+. The quantitative estimate of drug-likeness (QED) is 0.283. The molecule has 3 aromatic carbocycles. The van der Waals surface area contributed by atoms with Gasteiger partial charge in [-0.2, -0.15) is 0 Å². The summed E-state index contributed by atoms with van der Waals surface area (Å²) in [7, 11) is 1.59. The second kappa shape index (κ2) is 5.84. The Morgan fingerprint density at radius 3 is 2.78 bits per heavy atom. The highest BCUT2D eigenvalue weighted by Gasteiger charge is 2.32. The summed E-state index contributed by atoms with van der Waals surface area (Å²) < 4.78 is 2.16. The van der Waals surface area contributed by atoms with Crippen LogP contribution >= 0.6 is 7.92 Å². The second-order valence-electron chi connectivity index (χ2n) is 7.21. The van der Waals surface area contributed by atoms with Crippen molar-refractivity contribution in [2.24, 2.45) is 7.05 Å². The van der Waals surface area contributed by atoms with Gasteiger partial charge in [-0.05, 0) is 65.6 Å². The molecule has 1 aliphatic heterocycles. The van der Waals surface area contributed by atoms with Crippen molar-refractivity contribution in [3.8, 4) is 11.3 Å². The fourth-order valence-electron chi connectivity index (χ4n) is 4.35. The molecule has 4 heteroatoms.